The lowest BCUT2D eigenvalue weighted by molar-refractivity contribution is -0.137. The van der Waals surface area contributed by atoms with Gasteiger partial charge in [-0.15, -0.1) is 0 Å². The summed E-state index contributed by atoms with van der Waals surface area (Å²) in [7, 11) is 0. The first kappa shape index (κ1) is 21.1. The van der Waals surface area contributed by atoms with Crippen molar-refractivity contribution in [3.8, 4) is 17.2 Å². The monoisotopic (exact) mass is 368 g/mol. The van der Waals surface area contributed by atoms with Gasteiger partial charge in [0.15, 0.2) is 11.5 Å². The van der Waals surface area contributed by atoms with Crippen LogP contribution in [-0.2, 0) is 9.59 Å². The number of rotatable bonds is 11. The van der Waals surface area contributed by atoms with Crippen molar-refractivity contribution in [1.29, 1.82) is 0 Å². The molecule has 2 amide bonds. The highest BCUT2D eigenvalue weighted by atomic mass is 16.5. The smallest absolute Gasteiger partial charge is 0.322 e. The first-order valence-electron chi connectivity index (χ1n) is 8.25. The van der Waals surface area contributed by atoms with E-state index in [1.165, 1.54) is 12.1 Å². The third kappa shape index (κ3) is 6.50. The van der Waals surface area contributed by atoms with Gasteiger partial charge in [-0.25, -0.2) is 0 Å². The quantitative estimate of drug-likeness (QED) is 0.528. The molecule has 1 aromatic carbocycles. The summed E-state index contributed by atoms with van der Waals surface area (Å²) in [4.78, 5) is 34.2. The molecule has 0 fully saturated rings. The number of carboxylic acid groups (broad SMARTS) is 1. The van der Waals surface area contributed by atoms with E-state index in [-0.39, 0.29) is 12.1 Å². The molecule has 0 radical (unpaired) electrons. The minimum Gasteiger partial charge on any atom is -0.490 e. The predicted molar refractivity (Wildman–Crippen MR) is 92.9 cm³/mol. The normalized spacial score (nSPS) is 9.96. The average Bonchev–Trinajstić information content (AvgIpc) is 2.60. The van der Waals surface area contributed by atoms with E-state index in [0.29, 0.717) is 37.1 Å². The molecule has 9 nitrogen and oxygen atoms in total. The fourth-order valence-corrected chi connectivity index (χ4v) is 2.02. The van der Waals surface area contributed by atoms with Crippen LogP contribution in [0.15, 0.2) is 12.1 Å². The maximum Gasteiger partial charge on any atom is 0.322 e. The van der Waals surface area contributed by atoms with Crippen LogP contribution in [0.2, 0.25) is 0 Å². The number of hydrogen-bond acceptors (Lipinski definition) is 6. The molecular formula is C17H24N2O7. The second-order valence-electron chi connectivity index (χ2n) is 4.95. The maximum absolute atomic E-state index is 12.3. The molecule has 3 N–H and O–H groups in total. The van der Waals surface area contributed by atoms with Crippen LogP contribution in [0.1, 0.15) is 31.1 Å². The number of carbonyl (C=O) groups excluding carboxylic acids is 2. The van der Waals surface area contributed by atoms with Crippen molar-refractivity contribution in [3.63, 3.8) is 0 Å². The lowest BCUT2D eigenvalue weighted by Crippen LogP contribution is -2.39. The summed E-state index contributed by atoms with van der Waals surface area (Å²) >= 11 is 0. The lowest BCUT2D eigenvalue weighted by atomic mass is 10.1. The zero-order chi connectivity index (χ0) is 19.5. The Kier molecular flexibility index (Phi) is 8.76. The number of ether oxygens (including phenoxy) is 3. The van der Waals surface area contributed by atoms with Crippen molar-refractivity contribution >= 4 is 17.8 Å². The van der Waals surface area contributed by atoms with E-state index in [2.05, 4.69) is 10.6 Å². The number of amides is 2. The molecule has 0 aliphatic heterocycles. The van der Waals surface area contributed by atoms with E-state index in [4.69, 9.17) is 19.3 Å². The van der Waals surface area contributed by atoms with Gasteiger partial charge in [0, 0.05) is 5.56 Å². The standard InChI is InChI=1S/C17H24N2O7/c1-4-24-12-7-11(8-13(25-5-2)16(12)26-6-3)17(23)19-9-14(20)18-10-15(21)22/h7-8H,4-6,9-10H2,1-3H3,(H,18,20)(H,19,23)(H,21,22). The molecule has 0 aliphatic rings. The van der Waals surface area contributed by atoms with E-state index in [1.54, 1.807) is 13.8 Å². The highest BCUT2D eigenvalue weighted by molar-refractivity contribution is 5.97. The SMILES string of the molecule is CCOc1cc(C(=O)NCC(=O)NCC(=O)O)cc(OCC)c1OCC. The first-order valence-corrected chi connectivity index (χ1v) is 8.25. The number of carbonyl (C=O) groups is 3. The zero-order valence-electron chi connectivity index (χ0n) is 15.1. The van der Waals surface area contributed by atoms with Crippen molar-refractivity contribution in [3.05, 3.63) is 17.7 Å². The van der Waals surface area contributed by atoms with Crippen LogP contribution in [0.25, 0.3) is 0 Å². The summed E-state index contributed by atoms with van der Waals surface area (Å²) in [5.41, 5.74) is 0.228. The molecule has 9 heteroatoms. The Morgan fingerprint density at radius 2 is 1.42 bits per heavy atom. The van der Waals surface area contributed by atoms with Gasteiger partial charge in [0.25, 0.3) is 5.91 Å². The molecule has 0 aromatic heterocycles. The van der Waals surface area contributed by atoms with Crippen molar-refractivity contribution in [2.45, 2.75) is 20.8 Å². The zero-order valence-corrected chi connectivity index (χ0v) is 15.1. The number of nitrogens with one attached hydrogen (secondary N) is 2. The molecule has 26 heavy (non-hydrogen) atoms. The van der Waals surface area contributed by atoms with Gasteiger partial charge in [0.1, 0.15) is 6.54 Å². The fraction of sp³-hybridized carbons (Fsp3) is 0.471. The van der Waals surface area contributed by atoms with Crippen LogP contribution in [0.3, 0.4) is 0 Å². The predicted octanol–water partition coefficient (Wildman–Crippen LogP) is 0.813. The molecule has 144 valence electrons. The number of carboxylic acids is 1. The third-order valence-electron chi connectivity index (χ3n) is 3.02. The Hall–Kier alpha value is -2.97. The number of benzene rings is 1. The summed E-state index contributed by atoms with van der Waals surface area (Å²) in [5.74, 6) is -1.17. The highest BCUT2D eigenvalue weighted by Gasteiger charge is 2.18. The van der Waals surface area contributed by atoms with Crippen LogP contribution < -0.4 is 24.8 Å². The number of aliphatic carboxylic acids is 1. The minimum absolute atomic E-state index is 0.228. The van der Waals surface area contributed by atoms with Gasteiger partial charge in [-0.2, -0.15) is 0 Å². The van der Waals surface area contributed by atoms with Crippen LogP contribution in [0.4, 0.5) is 0 Å². The minimum atomic E-state index is -1.17. The molecule has 0 heterocycles. The van der Waals surface area contributed by atoms with Crippen LogP contribution in [0, 0.1) is 0 Å². The number of hydrogen-bond donors (Lipinski definition) is 3. The van der Waals surface area contributed by atoms with Gasteiger partial charge in [-0.05, 0) is 32.9 Å². The van der Waals surface area contributed by atoms with E-state index < -0.39 is 24.3 Å². The second-order valence-corrected chi connectivity index (χ2v) is 4.95. The fourth-order valence-electron chi connectivity index (χ4n) is 2.02. The summed E-state index contributed by atoms with van der Waals surface area (Å²) in [6.07, 6.45) is 0. The molecule has 0 aliphatic carbocycles. The Labute approximate surface area is 151 Å². The first-order chi connectivity index (χ1) is 12.4. The van der Waals surface area contributed by atoms with Crippen molar-refractivity contribution in [1.82, 2.24) is 10.6 Å². The summed E-state index contributed by atoms with van der Waals surface area (Å²) in [5, 5.41) is 13.1. The van der Waals surface area contributed by atoms with Crippen molar-refractivity contribution in [2.75, 3.05) is 32.9 Å². The maximum atomic E-state index is 12.3. The van der Waals surface area contributed by atoms with Crippen molar-refractivity contribution in [2.24, 2.45) is 0 Å². The van der Waals surface area contributed by atoms with Gasteiger partial charge < -0.3 is 30.0 Å². The Balaban J connectivity index is 2.94. The van der Waals surface area contributed by atoms with Crippen LogP contribution in [0.5, 0.6) is 17.2 Å². The molecule has 0 bridgehead atoms. The Morgan fingerprint density at radius 3 is 1.88 bits per heavy atom. The molecule has 1 aromatic rings. The van der Waals surface area contributed by atoms with Gasteiger partial charge in [0.2, 0.25) is 11.7 Å². The Morgan fingerprint density at radius 1 is 0.885 bits per heavy atom. The summed E-state index contributed by atoms with van der Waals surface area (Å²) < 4.78 is 16.6. The van der Waals surface area contributed by atoms with Gasteiger partial charge >= 0.3 is 5.97 Å². The summed E-state index contributed by atoms with van der Waals surface area (Å²) in [6.45, 7) is 5.69. The van der Waals surface area contributed by atoms with E-state index >= 15 is 0 Å². The third-order valence-corrected chi connectivity index (χ3v) is 3.02. The Bertz CT molecular complexity index is 619. The van der Waals surface area contributed by atoms with E-state index in [1.807, 2.05) is 6.92 Å². The molecule has 0 saturated carbocycles. The highest BCUT2D eigenvalue weighted by Crippen LogP contribution is 2.39. The molecule has 1 rings (SSSR count). The largest absolute Gasteiger partial charge is 0.490 e. The van der Waals surface area contributed by atoms with Crippen LogP contribution >= 0.6 is 0 Å². The molecular weight excluding hydrogens is 344 g/mol. The second kappa shape index (κ2) is 10.8. The van der Waals surface area contributed by atoms with E-state index in [0.717, 1.165) is 0 Å². The molecule has 0 unspecified atom stereocenters. The summed E-state index contributed by atoms with van der Waals surface area (Å²) in [6, 6.07) is 3.00. The lowest BCUT2D eigenvalue weighted by Gasteiger charge is -2.17. The molecule has 0 spiro atoms. The van der Waals surface area contributed by atoms with Crippen LogP contribution in [-0.4, -0.2) is 55.8 Å². The van der Waals surface area contributed by atoms with Gasteiger partial charge in [-0.1, -0.05) is 0 Å². The topological polar surface area (TPSA) is 123 Å². The van der Waals surface area contributed by atoms with Gasteiger partial charge in [-0.3, -0.25) is 14.4 Å². The molecule has 0 atom stereocenters. The molecule has 0 saturated heterocycles. The average molecular weight is 368 g/mol. The van der Waals surface area contributed by atoms with Gasteiger partial charge in [0.05, 0.1) is 26.4 Å². The van der Waals surface area contributed by atoms with E-state index in [9.17, 15) is 14.4 Å². The van der Waals surface area contributed by atoms with Crippen molar-refractivity contribution < 1.29 is 33.7 Å².